The minimum absolute atomic E-state index is 0.0953. The summed E-state index contributed by atoms with van der Waals surface area (Å²) in [7, 11) is 0. The van der Waals surface area contributed by atoms with Crippen molar-refractivity contribution in [2.45, 2.75) is 6.92 Å². The minimum atomic E-state index is -0.370. The Hall–Kier alpha value is -1.82. The molecule has 0 aliphatic carbocycles. The van der Waals surface area contributed by atoms with Gasteiger partial charge in [0.05, 0.1) is 10.3 Å². The van der Waals surface area contributed by atoms with E-state index in [4.69, 9.17) is 0 Å². The van der Waals surface area contributed by atoms with Crippen LogP contribution in [0.15, 0.2) is 24.4 Å². The third-order valence-electron chi connectivity index (χ3n) is 2.83. The van der Waals surface area contributed by atoms with Crippen LogP contribution in [0.3, 0.4) is 0 Å². The van der Waals surface area contributed by atoms with Gasteiger partial charge >= 0.3 is 0 Å². The van der Waals surface area contributed by atoms with Crippen molar-refractivity contribution in [1.82, 2.24) is 4.98 Å². The zero-order chi connectivity index (χ0) is 13.8. The van der Waals surface area contributed by atoms with Crippen LogP contribution in [0.1, 0.15) is 5.69 Å². The molecule has 100 valence electrons. The smallest absolute Gasteiger partial charge is 0.278 e. The third-order valence-corrected chi connectivity index (χ3v) is 3.45. The summed E-state index contributed by atoms with van der Waals surface area (Å²) in [4.78, 5) is 14.8. The molecule has 0 spiro atoms. The third kappa shape index (κ3) is 2.96. The molecule has 6 heteroatoms. The predicted molar refractivity (Wildman–Crippen MR) is 80.0 cm³/mol. The number of nitrogens with zero attached hydrogens (tertiary/aromatic N) is 2. The number of non-ortho nitro benzene ring substituents is 1. The number of benzene rings is 1. The maximum atomic E-state index is 11.0. The fraction of sp³-hybridized carbons (Fsp3) is 0.308. The lowest BCUT2D eigenvalue weighted by Crippen LogP contribution is -2.05. The molecule has 5 nitrogen and oxygen atoms in total. The molecule has 0 amide bonds. The average Bonchev–Trinajstić information content (AvgIpc) is 2.38. The lowest BCUT2D eigenvalue weighted by molar-refractivity contribution is -0.383. The maximum Gasteiger partial charge on any atom is 0.278 e. The van der Waals surface area contributed by atoms with Crippen LogP contribution in [0.2, 0.25) is 0 Å². The summed E-state index contributed by atoms with van der Waals surface area (Å²) in [5.74, 6) is 0.989. The van der Waals surface area contributed by atoms with Crippen LogP contribution in [0.5, 0.6) is 0 Å². The SMILES string of the molecule is CSCCNc1ccc([N+](=O)[O-])c2cnc(C)cc12. The van der Waals surface area contributed by atoms with Crippen molar-refractivity contribution in [3.63, 3.8) is 0 Å². The van der Waals surface area contributed by atoms with Crippen LogP contribution in [0.25, 0.3) is 10.8 Å². The molecule has 0 saturated carbocycles. The number of rotatable bonds is 5. The van der Waals surface area contributed by atoms with Gasteiger partial charge in [0.15, 0.2) is 0 Å². The zero-order valence-electron chi connectivity index (χ0n) is 10.8. The van der Waals surface area contributed by atoms with Gasteiger partial charge in [-0.1, -0.05) is 0 Å². The molecule has 1 heterocycles. The fourth-order valence-electron chi connectivity index (χ4n) is 1.93. The molecule has 2 aromatic rings. The van der Waals surface area contributed by atoms with Gasteiger partial charge in [-0.25, -0.2) is 0 Å². The highest BCUT2D eigenvalue weighted by Gasteiger charge is 2.14. The second-order valence-electron chi connectivity index (χ2n) is 4.18. The molecule has 0 unspecified atom stereocenters. The molecular formula is C13H15N3O2S. The van der Waals surface area contributed by atoms with Gasteiger partial charge in [-0.3, -0.25) is 15.1 Å². The highest BCUT2D eigenvalue weighted by molar-refractivity contribution is 7.98. The van der Waals surface area contributed by atoms with E-state index in [0.29, 0.717) is 5.39 Å². The number of anilines is 1. The van der Waals surface area contributed by atoms with Gasteiger partial charge in [0.1, 0.15) is 0 Å². The number of hydrogen-bond acceptors (Lipinski definition) is 5. The molecule has 0 saturated heterocycles. The van der Waals surface area contributed by atoms with Gasteiger partial charge in [0.25, 0.3) is 5.69 Å². The van der Waals surface area contributed by atoms with Gasteiger partial charge in [0.2, 0.25) is 0 Å². The van der Waals surface area contributed by atoms with Crippen molar-refractivity contribution in [1.29, 1.82) is 0 Å². The first-order valence-electron chi connectivity index (χ1n) is 5.90. The topological polar surface area (TPSA) is 68.1 Å². The number of pyridine rings is 1. The van der Waals surface area contributed by atoms with E-state index in [9.17, 15) is 10.1 Å². The first-order valence-corrected chi connectivity index (χ1v) is 7.29. The lowest BCUT2D eigenvalue weighted by Gasteiger charge is -2.10. The van der Waals surface area contributed by atoms with Gasteiger partial charge in [-0.2, -0.15) is 11.8 Å². The van der Waals surface area contributed by atoms with E-state index in [1.54, 1.807) is 24.0 Å². The molecule has 1 aromatic heterocycles. The Kier molecular flexibility index (Phi) is 4.21. The number of thioether (sulfide) groups is 1. The summed E-state index contributed by atoms with van der Waals surface area (Å²) < 4.78 is 0. The van der Waals surface area contributed by atoms with E-state index < -0.39 is 0 Å². The number of nitro benzene ring substituents is 1. The van der Waals surface area contributed by atoms with E-state index in [1.807, 2.05) is 19.2 Å². The van der Waals surface area contributed by atoms with Crippen molar-refractivity contribution in [2.75, 3.05) is 23.9 Å². The van der Waals surface area contributed by atoms with Crippen molar-refractivity contribution in [3.05, 3.63) is 40.2 Å². The Balaban J connectivity index is 2.50. The summed E-state index contributed by atoms with van der Waals surface area (Å²) in [5, 5.41) is 15.8. The summed E-state index contributed by atoms with van der Waals surface area (Å²) in [6.45, 7) is 2.71. The van der Waals surface area contributed by atoms with Crippen LogP contribution < -0.4 is 5.32 Å². The van der Waals surface area contributed by atoms with Crippen molar-refractivity contribution >= 4 is 33.9 Å². The molecule has 0 atom stereocenters. The molecule has 1 aromatic carbocycles. The predicted octanol–water partition coefficient (Wildman–Crippen LogP) is 3.23. The number of aryl methyl sites for hydroxylation is 1. The second-order valence-corrected chi connectivity index (χ2v) is 5.17. The lowest BCUT2D eigenvalue weighted by atomic mass is 10.1. The molecule has 0 bridgehead atoms. The maximum absolute atomic E-state index is 11.0. The van der Waals surface area contributed by atoms with Gasteiger partial charge < -0.3 is 5.32 Å². The molecule has 0 radical (unpaired) electrons. The Labute approximate surface area is 115 Å². The molecule has 0 aliphatic rings. The van der Waals surface area contributed by atoms with Crippen LogP contribution in [-0.4, -0.2) is 28.5 Å². The van der Waals surface area contributed by atoms with Gasteiger partial charge in [-0.05, 0) is 25.3 Å². The minimum Gasteiger partial charge on any atom is -0.384 e. The Morgan fingerprint density at radius 1 is 1.42 bits per heavy atom. The highest BCUT2D eigenvalue weighted by atomic mass is 32.2. The standard InChI is InChI=1S/C13H15N3O2S/c1-9-7-10-11(8-15-9)13(16(17)18)4-3-12(10)14-5-6-19-2/h3-4,7-8,14H,5-6H2,1-2H3. The zero-order valence-corrected chi connectivity index (χ0v) is 11.7. The molecule has 19 heavy (non-hydrogen) atoms. The summed E-state index contributed by atoms with van der Waals surface area (Å²) >= 11 is 1.75. The van der Waals surface area contributed by atoms with Crippen LogP contribution in [-0.2, 0) is 0 Å². The number of fused-ring (bicyclic) bond motifs is 1. The van der Waals surface area contributed by atoms with E-state index in [0.717, 1.165) is 29.1 Å². The molecule has 0 aliphatic heterocycles. The molecular weight excluding hydrogens is 262 g/mol. The summed E-state index contributed by atoms with van der Waals surface area (Å²) in [6, 6.07) is 5.17. The normalized spacial score (nSPS) is 10.6. The van der Waals surface area contributed by atoms with Crippen LogP contribution >= 0.6 is 11.8 Å². The Morgan fingerprint density at radius 3 is 2.89 bits per heavy atom. The van der Waals surface area contributed by atoms with Gasteiger partial charge in [0, 0.05) is 41.3 Å². The molecule has 1 N–H and O–H groups in total. The van der Waals surface area contributed by atoms with E-state index in [2.05, 4.69) is 10.3 Å². The number of aromatic nitrogens is 1. The van der Waals surface area contributed by atoms with Crippen molar-refractivity contribution in [3.8, 4) is 0 Å². The van der Waals surface area contributed by atoms with Crippen LogP contribution in [0.4, 0.5) is 11.4 Å². The summed E-state index contributed by atoms with van der Waals surface area (Å²) in [5.41, 5.74) is 1.86. The van der Waals surface area contributed by atoms with E-state index >= 15 is 0 Å². The Bertz CT molecular complexity index is 616. The number of hydrogen-bond donors (Lipinski definition) is 1. The second kappa shape index (κ2) is 5.88. The number of nitro groups is 1. The van der Waals surface area contributed by atoms with E-state index in [-0.39, 0.29) is 10.6 Å². The van der Waals surface area contributed by atoms with Crippen molar-refractivity contribution < 1.29 is 4.92 Å². The van der Waals surface area contributed by atoms with Crippen molar-refractivity contribution in [2.24, 2.45) is 0 Å². The van der Waals surface area contributed by atoms with Gasteiger partial charge in [-0.15, -0.1) is 0 Å². The quantitative estimate of drug-likeness (QED) is 0.516. The van der Waals surface area contributed by atoms with Crippen LogP contribution in [0, 0.1) is 17.0 Å². The average molecular weight is 277 g/mol. The first-order chi connectivity index (χ1) is 9.13. The Morgan fingerprint density at radius 2 is 2.21 bits per heavy atom. The first kappa shape index (κ1) is 13.6. The number of nitrogens with one attached hydrogen (secondary N) is 1. The summed E-state index contributed by atoms with van der Waals surface area (Å²) in [6.07, 6.45) is 3.62. The van der Waals surface area contributed by atoms with E-state index in [1.165, 1.54) is 6.07 Å². The molecule has 0 fully saturated rings. The highest BCUT2D eigenvalue weighted by Crippen LogP contribution is 2.31. The largest absolute Gasteiger partial charge is 0.384 e. The molecule has 2 rings (SSSR count). The fourth-order valence-corrected chi connectivity index (χ4v) is 2.24. The monoisotopic (exact) mass is 277 g/mol.